The highest BCUT2D eigenvalue weighted by Crippen LogP contribution is 2.21. The lowest BCUT2D eigenvalue weighted by molar-refractivity contribution is -0.141. The SMILES string of the molecule is O=C(O)C(Cc1ccc(Br)cc1)Cc1cc(Cl)ccc1F. The maximum absolute atomic E-state index is 13.7. The Bertz CT molecular complexity index is 643. The maximum atomic E-state index is 13.7. The number of hydrogen-bond donors (Lipinski definition) is 1. The molecule has 110 valence electrons. The molecular weight excluding hydrogens is 359 g/mol. The van der Waals surface area contributed by atoms with Gasteiger partial charge in [0.25, 0.3) is 0 Å². The van der Waals surface area contributed by atoms with Gasteiger partial charge in [0, 0.05) is 9.50 Å². The van der Waals surface area contributed by atoms with Crippen LogP contribution in [0.5, 0.6) is 0 Å². The predicted octanol–water partition coefficient (Wildman–Crippen LogP) is 4.73. The second-order valence-corrected chi connectivity index (χ2v) is 6.16. The fourth-order valence-electron chi connectivity index (χ4n) is 2.12. The molecule has 0 aliphatic carbocycles. The molecule has 0 radical (unpaired) electrons. The summed E-state index contributed by atoms with van der Waals surface area (Å²) in [4.78, 5) is 11.4. The zero-order chi connectivity index (χ0) is 15.4. The lowest BCUT2D eigenvalue weighted by atomic mass is 9.92. The lowest BCUT2D eigenvalue weighted by Crippen LogP contribution is -2.19. The Morgan fingerprint density at radius 3 is 2.48 bits per heavy atom. The zero-order valence-electron chi connectivity index (χ0n) is 11.0. The summed E-state index contributed by atoms with van der Waals surface area (Å²) in [7, 11) is 0. The van der Waals surface area contributed by atoms with E-state index in [-0.39, 0.29) is 6.42 Å². The molecule has 0 amide bonds. The van der Waals surface area contributed by atoms with Crippen molar-refractivity contribution >= 4 is 33.5 Å². The number of aliphatic carboxylic acids is 1. The van der Waals surface area contributed by atoms with Crippen LogP contribution in [0.4, 0.5) is 4.39 Å². The van der Waals surface area contributed by atoms with Gasteiger partial charge in [0.2, 0.25) is 0 Å². The predicted molar refractivity (Wildman–Crippen MR) is 84.1 cm³/mol. The van der Waals surface area contributed by atoms with Gasteiger partial charge in [-0.2, -0.15) is 0 Å². The number of carboxylic acid groups (broad SMARTS) is 1. The molecule has 2 aromatic rings. The van der Waals surface area contributed by atoms with E-state index in [9.17, 15) is 14.3 Å². The maximum Gasteiger partial charge on any atom is 0.307 e. The molecule has 0 bridgehead atoms. The average Bonchev–Trinajstić information content (AvgIpc) is 2.44. The second-order valence-electron chi connectivity index (χ2n) is 4.81. The van der Waals surface area contributed by atoms with Crippen molar-refractivity contribution in [2.45, 2.75) is 12.8 Å². The van der Waals surface area contributed by atoms with Crippen molar-refractivity contribution in [3.05, 3.63) is 68.9 Å². The number of benzene rings is 2. The quantitative estimate of drug-likeness (QED) is 0.825. The van der Waals surface area contributed by atoms with Gasteiger partial charge < -0.3 is 5.11 Å². The van der Waals surface area contributed by atoms with E-state index in [0.717, 1.165) is 10.0 Å². The van der Waals surface area contributed by atoms with Crippen molar-refractivity contribution in [3.63, 3.8) is 0 Å². The average molecular weight is 372 g/mol. The third kappa shape index (κ3) is 4.55. The molecule has 0 saturated carbocycles. The molecule has 0 saturated heterocycles. The van der Waals surface area contributed by atoms with Crippen molar-refractivity contribution in [1.82, 2.24) is 0 Å². The monoisotopic (exact) mass is 370 g/mol. The summed E-state index contributed by atoms with van der Waals surface area (Å²) in [6.07, 6.45) is 0.451. The van der Waals surface area contributed by atoms with Gasteiger partial charge in [0.15, 0.2) is 0 Å². The summed E-state index contributed by atoms with van der Waals surface area (Å²) in [5.74, 6) is -2.07. The Labute approximate surface area is 135 Å². The third-order valence-corrected chi connectivity index (χ3v) is 3.98. The highest BCUT2D eigenvalue weighted by atomic mass is 79.9. The molecule has 0 aliphatic rings. The van der Waals surface area contributed by atoms with Crippen molar-refractivity contribution in [2.75, 3.05) is 0 Å². The highest BCUT2D eigenvalue weighted by Gasteiger charge is 2.20. The van der Waals surface area contributed by atoms with Gasteiger partial charge in [-0.05, 0) is 54.3 Å². The van der Waals surface area contributed by atoms with E-state index in [2.05, 4.69) is 15.9 Å². The number of hydrogen-bond acceptors (Lipinski definition) is 1. The van der Waals surface area contributed by atoms with E-state index in [1.807, 2.05) is 24.3 Å². The first kappa shape index (κ1) is 16.0. The van der Waals surface area contributed by atoms with Crippen LogP contribution in [0.25, 0.3) is 0 Å². The molecule has 2 aromatic carbocycles. The summed E-state index contributed by atoms with van der Waals surface area (Å²) in [6.45, 7) is 0. The van der Waals surface area contributed by atoms with Crippen LogP contribution in [0.3, 0.4) is 0 Å². The normalized spacial score (nSPS) is 12.1. The molecule has 5 heteroatoms. The van der Waals surface area contributed by atoms with Crippen LogP contribution in [0.15, 0.2) is 46.9 Å². The minimum absolute atomic E-state index is 0.109. The largest absolute Gasteiger partial charge is 0.481 e. The number of carbonyl (C=O) groups is 1. The minimum atomic E-state index is -0.947. The van der Waals surface area contributed by atoms with Crippen molar-refractivity contribution in [2.24, 2.45) is 5.92 Å². The van der Waals surface area contributed by atoms with Crippen LogP contribution < -0.4 is 0 Å². The fraction of sp³-hybridized carbons (Fsp3) is 0.188. The molecule has 0 aromatic heterocycles. The summed E-state index contributed by atoms with van der Waals surface area (Å²) < 4.78 is 14.7. The minimum Gasteiger partial charge on any atom is -0.481 e. The highest BCUT2D eigenvalue weighted by molar-refractivity contribution is 9.10. The summed E-state index contributed by atoms with van der Waals surface area (Å²) in [5, 5.41) is 9.75. The first-order valence-electron chi connectivity index (χ1n) is 6.37. The Kier molecular flexibility index (Phi) is 5.37. The van der Waals surface area contributed by atoms with Crippen LogP contribution >= 0.6 is 27.5 Å². The van der Waals surface area contributed by atoms with Crippen molar-refractivity contribution < 1.29 is 14.3 Å². The first-order valence-corrected chi connectivity index (χ1v) is 7.54. The summed E-state index contributed by atoms with van der Waals surface area (Å²) >= 11 is 9.17. The van der Waals surface area contributed by atoms with Crippen LogP contribution in [0.1, 0.15) is 11.1 Å². The second kappa shape index (κ2) is 7.05. The van der Waals surface area contributed by atoms with Crippen molar-refractivity contribution in [1.29, 1.82) is 0 Å². The topological polar surface area (TPSA) is 37.3 Å². The fourth-order valence-corrected chi connectivity index (χ4v) is 2.58. The van der Waals surface area contributed by atoms with Gasteiger partial charge >= 0.3 is 5.97 Å². The van der Waals surface area contributed by atoms with E-state index >= 15 is 0 Å². The first-order chi connectivity index (χ1) is 9.95. The molecule has 2 nitrogen and oxygen atoms in total. The Hall–Kier alpha value is -1.39. The summed E-state index contributed by atoms with van der Waals surface area (Å²) in [6, 6.07) is 11.6. The van der Waals surface area contributed by atoms with E-state index in [1.54, 1.807) is 0 Å². The van der Waals surface area contributed by atoms with Crippen LogP contribution in [0.2, 0.25) is 5.02 Å². The number of rotatable bonds is 5. The molecule has 0 aliphatic heterocycles. The van der Waals surface area contributed by atoms with Crippen molar-refractivity contribution in [3.8, 4) is 0 Å². The molecule has 0 fully saturated rings. The zero-order valence-corrected chi connectivity index (χ0v) is 13.4. The molecular formula is C16H13BrClFO2. The van der Waals surface area contributed by atoms with Gasteiger partial charge in [-0.1, -0.05) is 39.7 Å². The number of carboxylic acids is 1. The van der Waals surface area contributed by atoms with Crippen LogP contribution in [-0.4, -0.2) is 11.1 Å². The smallest absolute Gasteiger partial charge is 0.307 e. The van der Waals surface area contributed by atoms with E-state index in [0.29, 0.717) is 17.0 Å². The standard InChI is InChI=1S/C16H13BrClFO2/c17-13-3-1-10(2-4-13)7-12(16(20)21)8-11-9-14(18)5-6-15(11)19/h1-6,9,12H,7-8H2,(H,20,21). The summed E-state index contributed by atoms with van der Waals surface area (Å²) in [5.41, 5.74) is 1.22. The van der Waals surface area contributed by atoms with Gasteiger partial charge in [-0.25, -0.2) is 4.39 Å². The van der Waals surface area contributed by atoms with Gasteiger partial charge in [0.1, 0.15) is 5.82 Å². The van der Waals surface area contributed by atoms with Crippen LogP contribution in [-0.2, 0) is 17.6 Å². The third-order valence-electron chi connectivity index (χ3n) is 3.22. The Balaban J connectivity index is 2.17. The Morgan fingerprint density at radius 1 is 1.19 bits per heavy atom. The molecule has 2 rings (SSSR count). The van der Waals surface area contributed by atoms with E-state index in [1.165, 1.54) is 18.2 Å². The van der Waals surface area contributed by atoms with Gasteiger partial charge in [-0.3, -0.25) is 4.79 Å². The molecule has 0 heterocycles. The lowest BCUT2D eigenvalue weighted by Gasteiger charge is -2.13. The van der Waals surface area contributed by atoms with E-state index in [4.69, 9.17) is 11.6 Å². The molecule has 1 atom stereocenters. The molecule has 21 heavy (non-hydrogen) atoms. The Morgan fingerprint density at radius 2 is 1.86 bits per heavy atom. The van der Waals surface area contributed by atoms with Gasteiger partial charge in [0.05, 0.1) is 5.92 Å². The molecule has 1 N–H and O–H groups in total. The van der Waals surface area contributed by atoms with Gasteiger partial charge in [-0.15, -0.1) is 0 Å². The van der Waals surface area contributed by atoms with Crippen LogP contribution in [0, 0.1) is 11.7 Å². The van der Waals surface area contributed by atoms with E-state index < -0.39 is 17.7 Å². The number of halogens is 3. The molecule has 1 unspecified atom stereocenters. The molecule has 0 spiro atoms.